The molecule has 0 amide bonds. The molecule has 32 heavy (non-hydrogen) atoms. The van der Waals surface area contributed by atoms with Crippen molar-refractivity contribution in [3.63, 3.8) is 0 Å². The number of benzene rings is 2. The van der Waals surface area contributed by atoms with E-state index in [0.29, 0.717) is 11.3 Å². The molecule has 174 valence electrons. The number of aliphatic hydroxyl groups is 1. The molecule has 3 rings (SSSR count). The highest BCUT2D eigenvalue weighted by Gasteiger charge is 2.43. The van der Waals surface area contributed by atoms with Gasteiger partial charge in [-0.2, -0.15) is 0 Å². The summed E-state index contributed by atoms with van der Waals surface area (Å²) in [6.45, 7) is 0. The van der Waals surface area contributed by atoms with E-state index in [9.17, 15) is 9.90 Å². The van der Waals surface area contributed by atoms with Gasteiger partial charge in [-0.05, 0) is 12.1 Å². The number of methoxy groups -OCH3 is 7. The summed E-state index contributed by atoms with van der Waals surface area (Å²) < 4.78 is 44.1. The summed E-state index contributed by atoms with van der Waals surface area (Å²) in [5.74, 6) is 1.18. The SMILES string of the molecule is COc1cc2c(c(OC)c1OC)OC(c1cc(OC)c(OC)c(OC)c1OC)C(O)C2=O. The van der Waals surface area contributed by atoms with Crippen LogP contribution < -0.4 is 37.9 Å². The fourth-order valence-electron chi connectivity index (χ4n) is 3.72. The average Bonchev–Trinajstić information content (AvgIpc) is 2.83. The maximum atomic E-state index is 13.2. The molecule has 2 aromatic carbocycles. The third kappa shape index (κ3) is 3.46. The molecule has 0 saturated heterocycles. The summed E-state index contributed by atoms with van der Waals surface area (Å²) >= 11 is 0. The Bertz CT molecular complexity index is 1020. The molecule has 0 saturated carbocycles. The van der Waals surface area contributed by atoms with Crippen LogP contribution >= 0.6 is 0 Å². The fourth-order valence-corrected chi connectivity index (χ4v) is 3.72. The third-order valence-corrected chi connectivity index (χ3v) is 5.17. The van der Waals surface area contributed by atoms with Crippen LogP contribution in [0.4, 0.5) is 0 Å². The van der Waals surface area contributed by atoms with E-state index in [4.69, 9.17) is 37.9 Å². The maximum absolute atomic E-state index is 13.2. The first-order valence-electron chi connectivity index (χ1n) is 9.50. The Kier molecular flexibility index (Phi) is 6.73. The first kappa shape index (κ1) is 23.1. The Morgan fingerprint density at radius 3 is 1.69 bits per heavy atom. The molecule has 1 N–H and O–H groups in total. The van der Waals surface area contributed by atoms with Crippen molar-refractivity contribution < 1.29 is 47.8 Å². The van der Waals surface area contributed by atoms with Gasteiger partial charge in [0.05, 0.1) is 55.3 Å². The van der Waals surface area contributed by atoms with Crippen LogP contribution in [0.3, 0.4) is 0 Å². The zero-order chi connectivity index (χ0) is 23.6. The molecule has 1 aliphatic rings. The highest BCUT2D eigenvalue weighted by molar-refractivity contribution is 6.05. The van der Waals surface area contributed by atoms with Gasteiger partial charge in [-0.25, -0.2) is 0 Å². The van der Waals surface area contributed by atoms with Crippen molar-refractivity contribution in [3.8, 4) is 46.0 Å². The average molecular weight is 450 g/mol. The molecule has 0 aromatic heterocycles. The topological polar surface area (TPSA) is 111 Å². The predicted octanol–water partition coefficient (Wildman–Crippen LogP) is 2.42. The predicted molar refractivity (Wildman–Crippen MR) is 112 cm³/mol. The van der Waals surface area contributed by atoms with E-state index in [1.54, 1.807) is 6.07 Å². The number of ether oxygens (including phenoxy) is 8. The number of Topliss-reactive ketones (excluding diaryl/α,β-unsaturated/α-hetero) is 1. The molecule has 2 unspecified atom stereocenters. The first-order chi connectivity index (χ1) is 15.4. The molecule has 0 aliphatic carbocycles. The second-order valence-corrected chi connectivity index (χ2v) is 6.64. The van der Waals surface area contributed by atoms with E-state index in [0.717, 1.165) is 0 Å². The Balaban J connectivity index is 2.27. The number of hydrogen-bond acceptors (Lipinski definition) is 10. The highest BCUT2D eigenvalue weighted by atomic mass is 16.6. The van der Waals surface area contributed by atoms with E-state index < -0.39 is 18.0 Å². The van der Waals surface area contributed by atoms with Crippen molar-refractivity contribution in [1.29, 1.82) is 0 Å². The summed E-state index contributed by atoms with van der Waals surface area (Å²) in [5, 5.41) is 10.9. The van der Waals surface area contributed by atoms with E-state index in [1.807, 2.05) is 0 Å². The molecular formula is C22H26O10. The second kappa shape index (κ2) is 9.31. The van der Waals surface area contributed by atoms with Crippen molar-refractivity contribution in [3.05, 3.63) is 23.3 Å². The molecule has 1 aliphatic heterocycles. The molecule has 0 radical (unpaired) electrons. The van der Waals surface area contributed by atoms with E-state index in [1.165, 1.54) is 55.8 Å². The Labute approximate surface area is 185 Å². The van der Waals surface area contributed by atoms with E-state index >= 15 is 0 Å². The van der Waals surface area contributed by atoms with Crippen LogP contribution in [0.15, 0.2) is 12.1 Å². The molecule has 10 nitrogen and oxygen atoms in total. The molecule has 10 heteroatoms. The number of rotatable bonds is 8. The summed E-state index contributed by atoms with van der Waals surface area (Å²) in [7, 11) is 10.0. The van der Waals surface area contributed by atoms with Gasteiger partial charge in [0.15, 0.2) is 41.0 Å². The lowest BCUT2D eigenvalue weighted by Crippen LogP contribution is -2.36. The van der Waals surface area contributed by atoms with Crippen molar-refractivity contribution in [2.24, 2.45) is 0 Å². The zero-order valence-corrected chi connectivity index (χ0v) is 18.9. The Morgan fingerprint density at radius 2 is 1.19 bits per heavy atom. The van der Waals surface area contributed by atoms with Crippen molar-refractivity contribution in [2.75, 3.05) is 49.8 Å². The minimum absolute atomic E-state index is 0.0923. The van der Waals surface area contributed by atoms with E-state index in [-0.39, 0.29) is 45.8 Å². The number of hydrogen-bond donors (Lipinski definition) is 1. The van der Waals surface area contributed by atoms with Crippen LogP contribution in [0.25, 0.3) is 0 Å². The lowest BCUT2D eigenvalue weighted by Gasteiger charge is -2.32. The van der Waals surface area contributed by atoms with Crippen molar-refractivity contribution in [2.45, 2.75) is 12.2 Å². The van der Waals surface area contributed by atoms with Crippen molar-refractivity contribution in [1.82, 2.24) is 0 Å². The van der Waals surface area contributed by atoms with Crippen LogP contribution in [0, 0.1) is 0 Å². The van der Waals surface area contributed by atoms with Crippen molar-refractivity contribution >= 4 is 5.78 Å². The summed E-state index contributed by atoms with van der Waals surface area (Å²) in [6.07, 6.45) is -2.74. The smallest absolute Gasteiger partial charge is 0.208 e. The molecule has 0 fully saturated rings. The van der Waals surface area contributed by atoms with Gasteiger partial charge in [-0.1, -0.05) is 0 Å². The summed E-state index contributed by atoms with van der Waals surface area (Å²) in [4.78, 5) is 13.2. The monoisotopic (exact) mass is 450 g/mol. The van der Waals surface area contributed by atoms with Crippen LogP contribution in [-0.4, -0.2) is 66.8 Å². The maximum Gasteiger partial charge on any atom is 0.208 e. The van der Waals surface area contributed by atoms with Crippen LogP contribution in [0.5, 0.6) is 46.0 Å². The van der Waals surface area contributed by atoms with Gasteiger partial charge in [0.1, 0.15) is 0 Å². The number of fused-ring (bicyclic) bond motifs is 1. The minimum atomic E-state index is -1.57. The van der Waals surface area contributed by atoms with Gasteiger partial charge in [-0.15, -0.1) is 0 Å². The molecule has 1 heterocycles. The lowest BCUT2D eigenvalue weighted by atomic mass is 9.91. The van der Waals surface area contributed by atoms with Crippen LogP contribution in [0.2, 0.25) is 0 Å². The van der Waals surface area contributed by atoms with Gasteiger partial charge in [0.2, 0.25) is 23.0 Å². The molecule has 2 aromatic rings. The number of carbonyl (C=O) groups excluding carboxylic acids is 1. The van der Waals surface area contributed by atoms with Gasteiger partial charge in [-0.3, -0.25) is 4.79 Å². The van der Waals surface area contributed by atoms with Gasteiger partial charge < -0.3 is 43.0 Å². The standard InChI is InChI=1S/C22H26O10/c1-25-12-8-10-14(23)15(24)16(32-18(10)22(31-7)20(12)29-5)11-9-13(26-2)19(28-4)21(30-6)17(11)27-3/h8-9,15-16,24H,1-7H3. The lowest BCUT2D eigenvalue weighted by molar-refractivity contribution is 0.0191. The Morgan fingerprint density at radius 1 is 0.688 bits per heavy atom. The van der Waals surface area contributed by atoms with E-state index in [2.05, 4.69) is 0 Å². The molecule has 0 bridgehead atoms. The number of aliphatic hydroxyl groups excluding tert-OH is 1. The normalized spacial score (nSPS) is 17.1. The third-order valence-electron chi connectivity index (χ3n) is 5.17. The highest BCUT2D eigenvalue weighted by Crippen LogP contribution is 2.54. The molecule has 0 spiro atoms. The minimum Gasteiger partial charge on any atom is -0.493 e. The van der Waals surface area contributed by atoms with Gasteiger partial charge >= 0.3 is 0 Å². The van der Waals surface area contributed by atoms with Gasteiger partial charge in [0, 0.05) is 5.56 Å². The summed E-state index contributed by atoms with van der Waals surface area (Å²) in [5.41, 5.74) is 0.403. The van der Waals surface area contributed by atoms with Crippen LogP contribution in [-0.2, 0) is 0 Å². The van der Waals surface area contributed by atoms with Gasteiger partial charge in [0.25, 0.3) is 0 Å². The quantitative estimate of drug-likeness (QED) is 0.644. The molecular weight excluding hydrogens is 424 g/mol. The number of ketones is 1. The second-order valence-electron chi connectivity index (χ2n) is 6.64. The zero-order valence-electron chi connectivity index (χ0n) is 18.9. The molecule has 2 atom stereocenters. The summed E-state index contributed by atoms with van der Waals surface area (Å²) in [6, 6.07) is 2.99. The Hall–Kier alpha value is -3.53. The number of carbonyl (C=O) groups is 1. The first-order valence-corrected chi connectivity index (χ1v) is 9.50. The largest absolute Gasteiger partial charge is 0.493 e. The fraction of sp³-hybridized carbons (Fsp3) is 0.409. The van der Waals surface area contributed by atoms with Crippen LogP contribution in [0.1, 0.15) is 22.0 Å².